The standard InChI is InChI=1S/C12H12Br2N2O5S/c13-7-2-8(12(18)19)11(9(14)3-7)16-4-6(1-10(16)17)5-22(15,20)21/h2-3,6H,1,4-5H2,(H,18,19)(H2,15,20,21). The van der Waals surface area contributed by atoms with Crippen molar-refractivity contribution in [2.45, 2.75) is 6.42 Å². The van der Waals surface area contributed by atoms with E-state index >= 15 is 0 Å². The van der Waals surface area contributed by atoms with Crippen LogP contribution in [0.15, 0.2) is 21.1 Å². The summed E-state index contributed by atoms with van der Waals surface area (Å²) in [6, 6.07) is 3.02. The highest BCUT2D eigenvalue weighted by Crippen LogP contribution is 2.37. The lowest BCUT2D eigenvalue weighted by Crippen LogP contribution is -2.29. The molecule has 7 nitrogen and oxygen atoms in total. The number of sulfonamides is 1. The maximum Gasteiger partial charge on any atom is 0.337 e. The monoisotopic (exact) mass is 454 g/mol. The van der Waals surface area contributed by atoms with Gasteiger partial charge in [-0.1, -0.05) is 15.9 Å². The number of rotatable bonds is 4. The number of aromatic carboxylic acids is 1. The van der Waals surface area contributed by atoms with E-state index in [0.29, 0.717) is 8.95 Å². The quantitative estimate of drug-likeness (QED) is 0.713. The van der Waals surface area contributed by atoms with Crippen LogP contribution in [0.25, 0.3) is 0 Å². The maximum atomic E-state index is 12.1. The van der Waals surface area contributed by atoms with Crippen LogP contribution in [0, 0.1) is 5.92 Å². The average Bonchev–Trinajstić information content (AvgIpc) is 2.66. The molecule has 1 fully saturated rings. The van der Waals surface area contributed by atoms with E-state index < -0.39 is 21.9 Å². The fraction of sp³-hybridized carbons (Fsp3) is 0.333. The largest absolute Gasteiger partial charge is 0.478 e. The molecule has 120 valence electrons. The minimum absolute atomic E-state index is 0.0119. The van der Waals surface area contributed by atoms with Gasteiger partial charge >= 0.3 is 5.97 Å². The van der Waals surface area contributed by atoms with Crippen molar-refractivity contribution >= 4 is 59.4 Å². The Morgan fingerprint density at radius 3 is 2.59 bits per heavy atom. The zero-order chi connectivity index (χ0) is 16.7. The van der Waals surface area contributed by atoms with Crippen molar-refractivity contribution in [1.82, 2.24) is 0 Å². The molecule has 1 aliphatic rings. The van der Waals surface area contributed by atoms with Gasteiger partial charge in [0, 0.05) is 27.8 Å². The summed E-state index contributed by atoms with van der Waals surface area (Å²) in [5, 5.41) is 14.3. The highest BCUT2D eigenvalue weighted by atomic mass is 79.9. The van der Waals surface area contributed by atoms with Crippen molar-refractivity contribution in [3.05, 3.63) is 26.6 Å². The van der Waals surface area contributed by atoms with Gasteiger partial charge in [0.1, 0.15) is 0 Å². The Bertz CT molecular complexity index is 750. The van der Waals surface area contributed by atoms with Gasteiger partial charge in [-0.3, -0.25) is 4.79 Å². The number of hydrogen-bond donors (Lipinski definition) is 2. The summed E-state index contributed by atoms with van der Waals surface area (Å²) in [5.74, 6) is -2.29. The predicted octanol–water partition coefficient (Wildman–Crippen LogP) is 1.55. The summed E-state index contributed by atoms with van der Waals surface area (Å²) >= 11 is 6.45. The van der Waals surface area contributed by atoms with Crippen molar-refractivity contribution in [1.29, 1.82) is 0 Å². The van der Waals surface area contributed by atoms with E-state index in [1.54, 1.807) is 6.07 Å². The molecule has 22 heavy (non-hydrogen) atoms. The SMILES string of the molecule is NS(=O)(=O)CC1CC(=O)N(c2c(Br)cc(Br)cc2C(=O)O)C1. The number of halogens is 2. The van der Waals surface area contributed by atoms with E-state index in [1.807, 2.05) is 0 Å². The first-order chi connectivity index (χ1) is 10.1. The molecule has 1 aromatic rings. The molecule has 0 spiro atoms. The molecule has 0 aliphatic carbocycles. The van der Waals surface area contributed by atoms with Gasteiger partial charge in [0.05, 0.1) is 17.0 Å². The summed E-state index contributed by atoms with van der Waals surface area (Å²) in [4.78, 5) is 24.8. The zero-order valence-corrected chi connectivity index (χ0v) is 15.1. The molecule has 1 heterocycles. The van der Waals surface area contributed by atoms with E-state index in [9.17, 15) is 23.1 Å². The van der Waals surface area contributed by atoms with Crippen molar-refractivity contribution in [2.24, 2.45) is 11.1 Å². The van der Waals surface area contributed by atoms with Gasteiger partial charge < -0.3 is 10.0 Å². The van der Waals surface area contributed by atoms with Gasteiger partial charge in [0.15, 0.2) is 0 Å². The van der Waals surface area contributed by atoms with Gasteiger partial charge in [-0.05, 0) is 28.1 Å². The number of anilines is 1. The topological polar surface area (TPSA) is 118 Å². The third-order valence-electron chi connectivity index (χ3n) is 3.20. The summed E-state index contributed by atoms with van der Waals surface area (Å²) in [6.07, 6.45) is 0.0119. The highest BCUT2D eigenvalue weighted by molar-refractivity contribution is 9.11. The van der Waals surface area contributed by atoms with Crippen LogP contribution in [-0.2, 0) is 14.8 Å². The second-order valence-corrected chi connectivity index (χ2v) is 8.42. The second-order valence-electron chi connectivity index (χ2n) is 4.99. The number of carboxylic acids is 1. The summed E-state index contributed by atoms with van der Waals surface area (Å²) in [5.41, 5.74) is 0.170. The fourth-order valence-corrected chi connectivity index (χ4v) is 4.76. The molecular formula is C12H12Br2N2O5S. The van der Waals surface area contributed by atoms with Crippen molar-refractivity contribution in [3.63, 3.8) is 0 Å². The summed E-state index contributed by atoms with van der Waals surface area (Å²) < 4.78 is 23.3. The van der Waals surface area contributed by atoms with Crippen LogP contribution in [0.4, 0.5) is 5.69 Å². The van der Waals surface area contributed by atoms with Gasteiger partial charge in [-0.25, -0.2) is 18.4 Å². The van der Waals surface area contributed by atoms with E-state index in [4.69, 9.17) is 5.14 Å². The van der Waals surface area contributed by atoms with E-state index in [0.717, 1.165) is 0 Å². The van der Waals surface area contributed by atoms with Crippen molar-refractivity contribution in [2.75, 3.05) is 17.2 Å². The number of carboxylic acid groups (broad SMARTS) is 1. The van der Waals surface area contributed by atoms with Gasteiger partial charge in [-0.2, -0.15) is 0 Å². The summed E-state index contributed by atoms with van der Waals surface area (Å²) in [6.45, 7) is 0.107. The molecule has 1 amide bonds. The fourth-order valence-electron chi connectivity index (χ4n) is 2.44. The molecule has 1 atom stereocenters. The minimum Gasteiger partial charge on any atom is -0.478 e. The maximum absolute atomic E-state index is 12.1. The lowest BCUT2D eigenvalue weighted by atomic mass is 10.1. The van der Waals surface area contributed by atoms with Crippen molar-refractivity contribution < 1.29 is 23.1 Å². The molecule has 0 bridgehead atoms. The lowest BCUT2D eigenvalue weighted by molar-refractivity contribution is -0.117. The van der Waals surface area contributed by atoms with Crippen LogP contribution in [0.3, 0.4) is 0 Å². The average molecular weight is 456 g/mol. The number of hydrogen-bond acceptors (Lipinski definition) is 4. The van der Waals surface area contributed by atoms with Crippen LogP contribution < -0.4 is 10.0 Å². The molecule has 0 radical (unpaired) electrons. The number of benzene rings is 1. The normalized spacial score (nSPS) is 18.8. The minimum atomic E-state index is -3.69. The van der Waals surface area contributed by atoms with E-state index in [-0.39, 0.29) is 35.9 Å². The second kappa shape index (κ2) is 6.26. The third-order valence-corrected chi connectivity index (χ3v) is 5.20. The number of carbonyl (C=O) groups is 2. The highest BCUT2D eigenvalue weighted by Gasteiger charge is 2.35. The Hall–Kier alpha value is -0.970. The molecule has 1 aromatic carbocycles. The molecule has 10 heteroatoms. The number of nitrogens with two attached hydrogens (primary N) is 1. The Morgan fingerprint density at radius 1 is 1.41 bits per heavy atom. The third kappa shape index (κ3) is 3.86. The van der Waals surface area contributed by atoms with Crippen LogP contribution in [0.1, 0.15) is 16.8 Å². The molecule has 2 rings (SSSR count). The molecule has 0 saturated carbocycles. The van der Waals surface area contributed by atoms with Gasteiger partial charge in [-0.15, -0.1) is 0 Å². The number of nitrogens with zero attached hydrogens (tertiary/aromatic N) is 1. The van der Waals surface area contributed by atoms with E-state index in [2.05, 4.69) is 31.9 Å². The Labute approximate surface area is 143 Å². The Morgan fingerprint density at radius 2 is 2.05 bits per heavy atom. The zero-order valence-electron chi connectivity index (χ0n) is 11.1. The first-order valence-corrected chi connectivity index (χ1v) is 9.42. The Kier molecular flexibility index (Phi) is 4.95. The molecule has 1 aliphatic heterocycles. The molecule has 1 unspecified atom stereocenters. The molecule has 3 N–H and O–H groups in total. The number of amides is 1. The molecular weight excluding hydrogens is 444 g/mol. The predicted molar refractivity (Wildman–Crippen MR) is 87.2 cm³/mol. The summed E-state index contributed by atoms with van der Waals surface area (Å²) in [7, 11) is -3.69. The molecule has 0 aromatic heterocycles. The molecule has 1 saturated heterocycles. The van der Waals surface area contributed by atoms with E-state index in [1.165, 1.54) is 11.0 Å². The number of carbonyl (C=O) groups excluding carboxylic acids is 1. The lowest BCUT2D eigenvalue weighted by Gasteiger charge is -2.21. The number of primary sulfonamides is 1. The van der Waals surface area contributed by atoms with Gasteiger partial charge in [0.2, 0.25) is 15.9 Å². The first-order valence-electron chi connectivity index (χ1n) is 6.11. The van der Waals surface area contributed by atoms with Crippen LogP contribution in [-0.4, -0.2) is 37.7 Å². The van der Waals surface area contributed by atoms with Crippen LogP contribution >= 0.6 is 31.9 Å². The first kappa shape index (κ1) is 17.4. The smallest absolute Gasteiger partial charge is 0.337 e. The van der Waals surface area contributed by atoms with Crippen LogP contribution in [0.2, 0.25) is 0 Å². The van der Waals surface area contributed by atoms with Crippen molar-refractivity contribution in [3.8, 4) is 0 Å². The Balaban J connectivity index is 2.40. The van der Waals surface area contributed by atoms with Gasteiger partial charge in [0.25, 0.3) is 0 Å². The van der Waals surface area contributed by atoms with Crippen LogP contribution in [0.5, 0.6) is 0 Å².